The molecule has 1 rings (SSSR count). The van der Waals surface area contributed by atoms with Crippen LogP contribution in [0.1, 0.15) is 27.2 Å². The van der Waals surface area contributed by atoms with Gasteiger partial charge in [0.15, 0.2) is 6.10 Å². The molecule has 0 heterocycles. The van der Waals surface area contributed by atoms with Crippen LogP contribution < -0.4 is 15.4 Å². The fourth-order valence-corrected chi connectivity index (χ4v) is 2.22. The van der Waals surface area contributed by atoms with Crippen molar-refractivity contribution in [2.24, 2.45) is 5.92 Å². The smallest absolute Gasteiger partial charge is 0.261 e. The van der Waals surface area contributed by atoms with Crippen molar-refractivity contribution in [2.75, 3.05) is 19.6 Å². The zero-order valence-electron chi connectivity index (χ0n) is 13.0. The molecule has 1 unspecified atom stereocenters. The van der Waals surface area contributed by atoms with E-state index in [1.165, 1.54) is 0 Å². The maximum Gasteiger partial charge on any atom is 0.261 e. The van der Waals surface area contributed by atoms with Gasteiger partial charge in [-0.1, -0.05) is 32.9 Å². The molecule has 5 heteroatoms. The Morgan fingerprint density at radius 2 is 1.95 bits per heavy atom. The van der Waals surface area contributed by atoms with Crippen molar-refractivity contribution in [3.63, 3.8) is 0 Å². The second-order valence-electron chi connectivity index (χ2n) is 5.25. The van der Waals surface area contributed by atoms with E-state index in [2.05, 4.69) is 33.5 Å². The number of ether oxygens (including phenoxy) is 1. The first kappa shape index (κ1) is 18.0. The monoisotopic (exact) mass is 356 g/mol. The summed E-state index contributed by atoms with van der Waals surface area (Å²) in [5.41, 5.74) is 0. The molecule has 1 amide bonds. The Bertz CT molecular complexity index is 438. The van der Waals surface area contributed by atoms with E-state index < -0.39 is 6.10 Å². The van der Waals surface area contributed by atoms with Gasteiger partial charge in [-0.25, -0.2) is 0 Å². The minimum Gasteiger partial charge on any atom is -0.479 e. The molecular weight excluding hydrogens is 332 g/mol. The molecule has 0 aliphatic carbocycles. The Kier molecular flexibility index (Phi) is 8.38. The largest absolute Gasteiger partial charge is 0.479 e. The van der Waals surface area contributed by atoms with E-state index in [9.17, 15) is 4.79 Å². The van der Waals surface area contributed by atoms with Crippen molar-refractivity contribution in [2.45, 2.75) is 33.3 Å². The van der Waals surface area contributed by atoms with Gasteiger partial charge in [0.25, 0.3) is 5.91 Å². The molecule has 1 aromatic rings. The van der Waals surface area contributed by atoms with E-state index in [0.717, 1.165) is 24.0 Å². The van der Waals surface area contributed by atoms with Gasteiger partial charge in [0.05, 0.1) is 4.47 Å². The third kappa shape index (κ3) is 6.48. The molecule has 21 heavy (non-hydrogen) atoms. The lowest BCUT2D eigenvalue weighted by atomic mass is 10.1. The summed E-state index contributed by atoms with van der Waals surface area (Å²) in [4.78, 5) is 12.3. The first-order valence-corrected chi connectivity index (χ1v) is 8.25. The third-order valence-corrected chi connectivity index (χ3v) is 3.64. The summed E-state index contributed by atoms with van der Waals surface area (Å²) in [6.07, 6.45) is 0.600. The van der Waals surface area contributed by atoms with Crippen molar-refractivity contribution < 1.29 is 9.53 Å². The van der Waals surface area contributed by atoms with Gasteiger partial charge >= 0.3 is 0 Å². The summed E-state index contributed by atoms with van der Waals surface area (Å²) in [6.45, 7) is 8.44. The Labute approximate surface area is 135 Å². The number of hydrogen-bond acceptors (Lipinski definition) is 3. The number of halogens is 1. The average Bonchev–Trinajstić information content (AvgIpc) is 2.45. The molecule has 1 atom stereocenters. The highest BCUT2D eigenvalue weighted by Gasteiger charge is 2.24. The highest BCUT2D eigenvalue weighted by molar-refractivity contribution is 9.10. The van der Waals surface area contributed by atoms with Crippen molar-refractivity contribution in [3.8, 4) is 5.75 Å². The molecule has 0 fully saturated rings. The molecule has 0 saturated carbocycles. The summed E-state index contributed by atoms with van der Waals surface area (Å²) < 4.78 is 6.72. The van der Waals surface area contributed by atoms with Crippen molar-refractivity contribution >= 4 is 21.8 Å². The van der Waals surface area contributed by atoms with Crippen LogP contribution in [0.3, 0.4) is 0 Å². The van der Waals surface area contributed by atoms with Crippen LogP contribution in [0.2, 0.25) is 0 Å². The second-order valence-corrected chi connectivity index (χ2v) is 6.11. The SMILES string of the molecule is CCCNCCNC(=O)C(Oc1ccccc1Br)C(C)C. The van der Waals surface area contributed by atoms with E-state index in [4.69, 9.17) is 4.74 Å². The Morgan fingerprint density at radius 3 is 2.57 bits per heavy atom. The van der Waals surface area contributed by atoms with Crippen LogP contribution in [-0.4, -0.2) is 31.6 Å². The maximum absolute atomic E-state index is 12.3. The fourth-order valence-electron chi connectivity index (χ4n) is 1.85. The lowest BCUT2D eigenvalue weighted by molar-refractivity contribution is -0.129. The van der Waals surface area contributed by atoms with Gasteiger partial charge in [-0.05, 0) is 46.9 Å². The highest BCUT2D eigenvalue weighted by atomic mass is 79.9. The van der Waals surface area contributed by atoms with Gasteiger partial charge in [-0.2, -0.15) is 0 Å². The summed E-state index contributed by atoms with van der Waals surface area (Å²) in [7, 11) is 0. The number of amides is 1. The van der Waals surface area contributed by atoms with Crippen LogP contribution in [0.15, 0.2) is 28.7 Å². The quantitative estimate of drug-likeness (QED) is 0.668. The van der Waals surface area contributed by atoms with Gasteiger partial charge in [-0.3, -0.25) is 4.79 Å². The maximum atomic E-state index is 12.3. The van der Waals surface area contributed by atoms with Crippen LogP contribution in [0, 0.1) is 5.92 Å². The standard InChI is InChI=1S/C16H25BrN2O2/c1-4-9-18-10-11-19-16(20)15(12(2)3)21-14-8-6-5-7-13(14)17/h5-8,12,15,18H,4,9-11H2,1-3H3,(H,19,20). The lowest BCUT2D eigenvalue weighted by Crippen LogP contribution is -2.44. The minimum absolute atomic E-state index is 0.0703. The Morgan fingerprint density at radius 1 is 1.24 bits per heavy atom. The van der Waals surface area contributed by atoms with Crippen LogP contribution in [0.25, 0.3) is 0 Å². The zero-order chi connectivity index (χ0) is 15.7. The molecule has 1 aromatic carbocycles. The van der Waals surface area contributed by atoms with Gasteiger partial charge in [0.1, 0.15) is 5.75 Å². The summed E-state index contributed by atoms with van der Waals surface area (Å²) in [5, 5.41) is 6.18. The van der Waals surface area contributed by atoms with Crippen molar-refractivity contribution in [1.29, 1.82) is 0 Å². The summed E-state index contributed by atoms with van der Waals surface area (Å²) in [5.74, 6) is 0.718. The first-order valence-electron chi connectivity index (χ1n) is 7.45. The molecule has 118 valence electrons. The molecule has 2 N–H and O–H groups in total. The number of rotatable bonds is 9. The normalized spacial score (nSPS) is 12.2. The molecule has 0 aliphatic heterocycles. The predicted octanol–water partition coefficient (Wildman–Crippen LogP) is 2.97. The molecular formula is C16H25BrN2O2. The topological polar surface area (TPSA) is 50.4 Å². The van der Waals surface area contributed by atoms with Gasteiger partial charge < -0.3 is 15.4 Å². The molecule has 4 nitrogen and oxygen atoms in total. The van der Waals surface area contributed by atoms with E-state index >= 15 is 0 Å². The van der Waals surface area contributed by atoms with E-state index in [1.807, 2.05) is 38.1 Å². The number of carbonyl (C=O) groups excluding carboxylic acids is 1. The number of benzene rings is 1. The van der Waals surface area contributed by atoms with Gasteiger partial charge in [0, 0.05) is 13.1 Å². The predicted molar refractivity (Wildman–Crippen MR) is 89.6 cm³/mol. The van der Waals surface area contributed by atoms with Crippen LogP contribution in [-0.2, 0) is 4.79 Å². The Balaban J connectivity index is 2.53. The number of para-hydroxylation sites is 1. The summed E-state index contributed by atoms with van der Waals surface area (Å²) >= 11 is 3.44. The van der Waals surface area contributed by atoms with Crippen molar-refractivity contribution in [1.82, 2.24) is 10.6 Å². The van der Waals surface area contributed by atoms with E-state index in [1.54, 1.807) is 0 Å². The second kappa shape index (κ2) is 9.79. The molecule has 0 bridgehead atoms. The summed E-state index contributed by atoms with van der Waals surface area (Å²) in [6, 6.07) is 7.57. The molecule has 0 aromatic heterocycles. The van der Waals surface area contributed by atoms with Crippen LogP contribution >= 0.6 is 15.9 Å². The van der Waals surface area contributed by atoms with Crippen LogP contribution in [0.4, 0.5) is 0 Å². The fraction of sp³-hybridized carbons (Fsp3) is 0.562. The van der Waals surface area contributed by atoms with E-state index in [0.29, 0.717) is 12.3 Å². The first-order chi connectivity index (χ1) is 10.1. The van der Waals surface area contributed by atoms with Crippen LogP contribution in [0.5, 0.6) is 5.75 Å². The lowest BCUT2D eigenvalue weighted by Gasteiger charge is -2.22. The van der Waals surface area contributed by atoms with Gasteiger partial charge in [0.2, 0.25) is 0 Å². The molecule has 0 aliphatic rings. The molecule has 0 radical (unpaired) electrons. The van der Waals surface area contributed by atoms with E-state index in [-0.39, 0.29) is 11.8 Å². The highest BCUT2D eigenvalue weighted by Crippen LogP contribution is 2.26. The third-order valence-electron chi connectivity index (χ3n) is 2.98. The zero-order valence-corrected chi connectivity index (χ0v) is 14.6. The number of nitrogens with one attached hydrogen (secondary N) is 2. The van der Waals surface area contributed by atoms with Crippen molar-refractivity contribution in [3.05, 3.63) is 28.7 Å². The minimum atomic E-state index is -0.491. The average molecular weight is 357 g/mol. The Hall–Kier alpha value is -1.07. The molecule has 0 saturated heterocycles. The number of hydrogen-bond donors (Lipinski definition) is 2. The van der Waals surface area contributed by atoms with Gasteiger partial charge in [-0.15, -0.1) is 0 Å². The number of carbonyl (C=O) groups is 1. The molecule has 0 spiro atoms.